The Morgan fingerprint density at radius 1 is 1.43 bits per heavy atom. The molecule has 0 amide bonds. The third kappa shape index (κ3) is 1.91. The summed E-state index contributed by atoms with van der Waals surface area (Å²) in [4.78, 5) is 0. The minimum atomic E-state index is 0.188. The molecule has 0 fully saturated rings. The van der Waals surface area contributed by atoms with Crippen molar-refractivity contribution >= 4 is 5.88 Å². The summed E-state index contributed by atoms with van der Waals surface area (Å²) in [5.41, 5.74) is 7.97. The fourth-order valence-corrected chi connectivity index (χ4v) is 1.44. The van der Waals surface area contributed by atoms with Crippen molar-refractivity contribution < 1.29 is 4.52 Å². The Hall–Kier alpha value is -0.990. The highest BCUT2D eigenvalue weighted by Crippen LogP contribution is 2.36. The summed E-state index contributed by atoms with van der Waals surface area (Å²) in [6.07, 6.45) is 0.880. The molecule has 1 heterocycles. The molecule has 1 rings (SSSR count). The average Bonchev–Trinajstić information content (AvgIpc) is 2.43. The van der Waals surface area contributed by atoms with Crippen LogP contribution in [0.1, 0.15) is 51.8 Å². The zero-order chi connectivity index (χ0) is 10.9. The molecule has 1 atom stereocenters. The number of nitrogens with zero attached hydrogens (tertiary/aromatic N) is 1. The average molecular weight is 196 g/mol. The fourth-order valence-electron chi connectivity index (χ4n) is 1.44. The van der Waals surface area contributed by atoms with E-state index in [2.05, 4.69) is 39.8 Å². The lowest BCUT2D eigenvalue weighted by atomic mass is 9.79. The van der Waals surface area contributed by atoms with Crippen molar-refractivity contribution in [3.05, 3.63) is 11.3 Å². The second-order valence-corrected chi connectivity index (χ2v) is 4.85. The standard InChI is InChI=1S/C11H20N2O/c1-6-8-9(13-14-10(8)12)7(2)11(3,4)5/h7H,6,12H2,1-5H3. The van der Waals surface area contributed by atoms with Gasteiger partial charge in [0.25, 0.3) is 0 Å². The minimum Gasteiger partial charge on any atom is -0.367 e. The van der Waals surface area contributed by atoms with Crippen molar-refractivity contribution in [3.8, 4) is 0 Å². The van der Waals surface area contributed by atoms with E-state index < -0.39 is 0 Å². The number of hydrogen-bond acceptors (Lipinski definition) is 3. The van der Waals surface area contributed by atoms with E-state index >= 15 is 0 Å². The van der Waals surface area contributed by atoms with E-state index in [-0.39, 0.29) is 5.41 Å². The Morgan fingerprint density at radius 3 is 2.43 bits per heavy atom. The first-order chi connectivity index (χ1) is 6.38. The minimum absolute atomic E-state index is 0.188. The van der Waals surface area contributed by atoms with Gasteiger partial charge in [0.15, 0.2) is 0 Å². The van der Waals surface area contributed by atoms with Crippen molar-refractivity contribution in [1.29, 1.82) is 0 Å². The Morgan fingerprint density at radius 2 is 2.00 bits per heavy atom. The molecule has 0 saturated heterocycles. The first-order valence-electron chi connectivity index (χ1n) is 5.11. The monoisotopic (exact) mass is 196 g/mol. The van der Waals surface area contributed by atoms with Crippen LogP contribution in [0.25, 0.3) is 0 Å². The van der Waals surface area contributed by atoms with Crippen molar-refractivity contribution in [2.75, 3.05) is 5.73 Å². The van der Waals surface area contributed by atoms with Crippen LogP contribution in [-0.4, -0.2) is 5.16 Å². The van der Waals surface area contributed by atoms with Crippen LogP contribution >= 0.6 is 0 Å². The van der Waals surface area contributed by atoms with Crippen LogP contribution in [0.4, 0.5) is 5.88 Å². The number of hydrogen-bond donors (Lipinski definition) is 1. The van der Waals surface area contributed by atoms with Crippen LogP contribution in [0.15, 0.2) is 4.52 Å². The van der Waals surface area contributed by atoms with Crippen LogP contribution in [0, 0.1) is 5.41 Å². The number of aromatic nitrogens is 1. The summed E-state index contributed by atoms with van der Waals surface area (Å²) >= 11 is 0. The molecule has 0 bridgehead atoms. The predicted octanol–water partition coefficient (Wildman–Crippen LogP) is 2.97. The smallest absolute Gasteiger partial charge is 0.225 e. The van der Waals surface area contributed by atoms with Crippen molar-refractivity contribution in [2.24, 2.45) is 5.41 Å². The molecule has 2 N–H and O–H groups in total. The highest BCUT2D eigenvalue weighted by atomic mass is 16.5. The lowest BCUT2D eigenvalue weighted by Gasteiger charge is -2.25. The molecule has 0 aromatic carbocycles. The van der Waals surface area contributed by atoms with Crippen molar-refractivity contribution in [2.45, 2.75) is 47.0 Å². The van der Waals surface area contributed by atoms with Crippen LogP contribution in [-0.2, 0) is 6.42 Å². The van der Waals surface area contributed by atoms with Gasteiger partial charge in [-0.25, -0.2) is 0 Å². The van der Waals surface area contributed by atoms with Gasteiger partial charge in [-0.3, -0.25) is 0 Å². The Labute approximate surface area is 85.7 Å². The first kappa shape index (κ1) is 11.1. The van der Waals surface area contributed by atoms with Crippen LogP contribution in [0.3, 0.4) is 0 Å². The van der Waals surface area contributed by atoms with Gasteiger partial charge >= 0.3 is 0 Å². The van der Waals surface area contributed by atoms with Gasteiger partial charge in [0.1, 0.15) is 0 Å². The van der Waals surface area contributed by atoms with E-state index in [4.69, 9.17) is 10.3 Å². The third-order valence-corrected chi connectivity index (χ3v) is 2.91. The summed E-state index contributed by atoms with van der Waals surface area (Å²) in [5, 5.41) is 4.05. The van der Waals surface area contributed by atoms with E-state index in [1.165, 1.54) is 0 Å². The van der Waals surface area contributed by atoms with E-state index in [0.717, 1.165) is 17.7 Å². The molecule has 14 heavy (non-hydrogen) atoms. The van der Waals surface area contributed by atoms with Gasteiger partial charge in [0, 0.05) is 11.5 Å². The highest BCUT2D eigenvalue weighted by Gasteiger charge is 2.27. The van der Waals surface area contributed by atoms with Gasteiger partial charge in [0.2, 0.25) is 5.88 Å². The predicted molar refractivity (Wildman–Crippen MR) is 58.2 cm³/mol. The van der Waals surface area contributed by atoms with E-state index in [9.17, 15) is 0 Å². The number of rotatable bonds is 2. The molecular formula is C11H20N2O. The zero-order valence-corrected chi connectivity index (χ0v) is 9.72. The molecule has 0 radical (unpaired) electrons. The maximum absolute atomic E-state index is 5.70. The van der Waals surface area contributed by atoms with Gasteiger partial charge in [-0.15, -0.1) is 0 Å². The maximum Gasteiger partial charge on any atom is 0.225 e. The maximum atomic E-state index is 5.70. The molecule has 80 valence electrons. The lowest BCUT2D eigenvalue weighted by Crippen LogP contribution is -2.16. The van der Waals surface area contributed by atoms with Gasteiger partial charge in [-0.1, -0.05) is 39.8 Å². The Bertz CT molecular complexity index is 310. The van der Waals surface area contributed by atoms with Gasteiger partial charge in [-0.05, 0) is 11.8 Å². The Balaban J connectivity index is 3.07. The quantitative estimate of drug-likeness (QED) is 0.791. The van der Waals surface area contributed by atoms with Gasteiger partial charge in [0.05, 0.1) is 5.69 Å². The molecule has 0 aliphatic rings. The number of nitrogens with two attached hydrogens (primary N) is 1. The molecule has 1 aromatic rings. The molecule has 1 aromatic heterocycles. The van der Waals surface area contributed by atoms with Crippen molar-refractivity contribution in [1.82, 2.24) is 5.16 Å². The second-order valence-electron chi connectivity index (χ2n) is 4.85. The molecule has 3 nitrogen and oxygen atoms in total. The third-order valence-electron chi connectivity index (χ3n) is 2.91. The van der Waals surface area contributed by atoms with Gasteiger partial charge < -0.3 is 10.3 Å². The SMILES string of the molecule is CCc1c(C(C)C(C)(C)C)noc1N. The topological polar surface area (TPSA) is 52.0 Å². The van der Waals surface area contributed by atoms with E-state index in [1.807, 2.05) is 0 Å². The fraction of sp³-hybridized carbons (Fsp3) is 0.727. The van der Waals surface area contributed by atoms with Gasteiger partial charge in [-0.2, -0.15) is 0 Å². The largest absolute Gasteiger partial charge is 0.367 e. The summed E-state index contributed by atoms with van der Waals surface area (Å²) in [6.45, 7) is 10.8. The first-order valence-corrected chi connectivity index (χ1v) is 5.11. The van der Waals surface area contributed by atoms with Crippen LogP contribution < -0.4 is 5.73 Å². The molecule has 3 heteroatoms. The molecule has 1 unspecified atom stereocenters. The second kappa shape index (κ2) is 3.64. The lowest BCUT2D eigenvalue weighted by molar-refractivity contribution is 0.317. The molecule has 0 aliphatic heterocycles. The van der Waals surface area contributed by atoms with Crippen LogP contribution in [0.2, 0.25) is 0 Å². The molecule has 0 saturated carbocycles. The van der Waals surface area contributed by atoms with E-state index in [0.29, 0.717) is 11.8 Å². The molecule has 0 spiro atoms. The summed E-state index contributed by atoms with van der Waals surface area (Å²) in [6, 6.07) is 0. The van der Waals surface area contributed by atoms with Crippen LogP contribution in [0.5, 0.6) is 0 Å². The molecule has 0 aliphatic carbocycles. The van der Waals surface area contributed by atoms with Crippen molar-refractivity contribution in [3.63, 3.8) is 0 Å². The molecular weight excluding hydrogens is 176 g/mol. The normalized spacial score (nSPS) is 14.4. The number of nitrogen functional groups attached to an aromatic ring is 1. The zero-order valence-electron chi connectivity index (χ0n) is 9.72. The Kier molecular flexibility index (Phi) is 2.88. The number of anilines is 1. The summed E-state index contributed by atoms with van der Waals surface area (Å²) in [5.74, 6) is 0.831. The summed E-state index contributed by atoms with van der Waals surface area (Å²) < 4.78 is 5.03. The highest BCUT2D eigenvalue weighted by molar-refractivity contribution is 5.40. The van der Waals surface area contributed by atoms with E-state index in [1.54, 1.807) is 0 Å². The summed E-state index contributed by atoms with van der Waals surface area (Å²) in [7, 11) is 0.